The van der Waals surface area contributed by atoms with E-state index < -0.39 is 23.7 Å². The average Bonchev–Trinajstić information content (AvgIpc) is 3.30. The number of nitrogens with zero attached hydrogens (tertiary/aromatic N) is 6. The summed E-state index contributed by atoms with van der Waals surface area (Å²) in [5, 5.41) is 9.99. The van der Waals surface area contributed by atoms with Crippen molar-refractivity contribution in [2.45, 2.75) is 25.3 Å². The number of fused-ring (bicyclic) bond motifs is 2. The third kappa shape index (κ3) is 4.46. The predicted octanol–water partition coefficient (Wildman–Crippen LogP) is 5.12. The Morgan fingerprint density at radius 2 is 1.90 bits per heavy atom. The second kappa shape index (κ2) is 10.1. The van der Waals surface area contributed by atoms with Gasteiger partial charge in [0.25, 0.3) is 11.4 Å². The minimum atomic E-state index is -3.82. The van der Waals surface area contributed by atoms with Gasteiger partial charge in [-0.25, -0.2) is 4.39 Å². The van der Waals surface area contributed by atoms with Gasteiger partial charge in [0.2, 0.25) is 5.52 Å². The first-order valence-corrected chi connectivity index (χ1v) is 13.1. The standard InChI is InChI=1S/C30H23F3N6O3/c1-17-16-38(27-21(15-34)29(40)37(3)22-11-12-24(35-2)36-25(22)27)13-14-39(17)26(18-7-9-19(31)10-8-18)20-5-4-6-23-28(20)42-30(32,33)41-23/h4-12,17,26H,13-14,16H2,1,3H3/t17-,26?/m1/s1. The number of piperazine rings is 1. The van der Waals surface area contributed by atoms with E-state index in [0.717, 1.165) is 0 Å². The smallest absolute Gasteiger partial charge is 0.395 e. The first-order chi connectivity index (χ1) is 20.1. The van der Waals surface area contributed by atoms with Crippen molar-refractivity contribution in [2.75, 3.05) is 24.5 Å². The van der Waals surface area contributed by atoms with Gasteiger partial charge >= 0.3 is 6.29 Å². The number of ether oxygens (including phenoxy) is 2. The topological polar surface area (TPSA) is 88.0 Å². The lowest BCUT2D eigenvalue weighted by Gasteiger charge is -2.45. The highest BCUT2D eigenvalue weighted by molar-refractivity contribution is 5.92. The average molecular weight is 573 g/mol. The molecule has 2 aliphatic rings. The molecule has 0 spiro atoms. The number of hydrogen-bond donors (Lipinski definition) is 0. The summed E-state index contributed by atoms with van der Waals surface area (Å²) in [5.41, 5.74) is 1.73. The molecule has 1 saturated heterocycles. The molecule has 4 aromatic rings. The first-order valence-electron chi connectivity index (χ1n) is 13.1. The van der Waals surface area contributed by atoms with Gasteiger partial charge in [0.15, 0.2) is 11.5 Å². The second-order valence-electron chi connectivity index (χ2n) is 10.2. The van der Waals surface area contributed by atoms with Gasteiger partial charge in [-0.1, -0.05) is 30.8 Å². The number of aromatic nitrogens is 2. The van der Waals surface area contributed by atoms with Gasteiger partial charge in [-0.15, -0.1) is 13.8 Å². The monoisotopic (exact) mass is 572 g/mol. The molecule has 0 radical (unpaired) electrons. The van der Waals surface area contributed by atoms with Crippen LogP contribution in [0, 0.1) is 23.7 Å². The Hall–Kier alpha value is -5.07. The van der Waals surface area contributed by atoms with Crippen LogP contribution in [0.5, 0.6) is 11.5 Å². The van der Waals surface area contributed by atoms with E-state index in [1.807, 2.05) is 17.9 Å². The van der Waals surface area contributed by atoms with Gasteiger partial charge in [-0.2, -0.15) is 5.26 Å². The van der Waals surface area contributed by atoms with Gasteiger partial charge in [0, 0.05) is 38.3 Å². The second-order valence-corrected chi connectivity index (χ2v) is 10.2. The molecule has 0 saturated carbocycles. The van der Waals surface area contributed by atoms with Crippen LogP contribution >= 0.6 is 0 Å². The normalized spacial score (nSPS) is 18.5. The molecular weight excluding hydrogens is 549 g/mol. The SMILES string of the molecule is [C-]#[N+]c1ccc2c(n1)c(N1CCN(C(c3ccc(F)cc3)c3cccc4c3OC(F)(F)O4)[C@H](C)C1)c(C#N)c(=O)n2C. The molecule has 6 rings (SSSR count). The highest BCUT2D eigenvalue weighted by Gasteiger charge is 2.46. The van der Waals surface area contributed by atoms with Crippen molar-refractivity contribution < 1.29 is 22.6 Å². The maximum atomic E-state index is 14.1. The van der Waals surface area contributed by atoms with Crippen LogP contribution in [0.15, 0.2) is 59.4 Å². The zero-order valence-corrected chi connectivity index (χ0v) is 22.5. The Morgan fingerprint density at radius 3 is 2.60 bits per heavy atom. The van der Waals surface area contributed by atoms with Crippen molar-refractivity contribution in [3.8, 4) is 17.6 Å². The predicted molar refractivity (Wildman–Crippen MR) is 147 cm³/mol. The van der Waals surface area contributed by atoms with Crippen LogP contribution in [-0.4, -0.2) is 46.4 Å². The van der Waals surface area contributed by atoms with E-state index in [2.05, 4.69) is 14.7 Å². The largest absolute Gasteiger partial charge is 0.586 e. The molecule has 1 fully saturated rings. The van der Waals surface area contributed by atoms with Crippen molar-refractivity contribution in [1.82, 2.24) is 14.5 Å². The van der Waals surface area contributed by atoms with E-state index in [-0.39, 0.29) is 28.9 Å². The molecule has 0 bridgehead atoms. The van der Waals surface area contributed by atoms with Crippen molar-refractivity contribution in [1.29, 1.82) is 5.26 Å². The van der Waals surface area contributed by atoms with E-state index in [1.54, 1.807) is 37.4 Å². The van der Waals surface area contributed by atoms with Crippen molar-refractivity contribution >= 4 is 22.5 Å². The van der Waals surface area contributed by atoms with Gasteiger partial charge in [0.1, 0.15) is 23.1 Å². The van der Waals surface area contributed by atoms with Crippen molar-refractivity contribution in [3.05, 3.63) is 98.9 Å². The molecule has 2 aliphatic heterocycles. The summed E-state index contributed by atoms with van der Waals surface area (Å²) in [7, 11) is 1.55. The summed E-state index contributed by atoms with van der Waals surface area (Å²) in [6.45, 7) is 10.4. The molecule has 12 heteroatoms. The maximum Gasteiger partial charge on any atom is 0.586 e. The Labute approximate surface area is 238 Å². The summed E-state index contributed by atoms with van der Waals surface area (Å²) < 4.78 is 53.1. The number of rotatable bonds is 4. The van der Waals surface area contributed by atoms with Gasteiger partial charge in [-0.3, -0.25) is 9.69 Å². The highest BCUT2D eigenvalue weighted by Crippen LogP contribution is 2.48. The maximum absolute atomic E-state index is 14.1. The molecule has 9 nitrogen and oxygen atoms in total. The first kappa shape index (κ1) is 27.1. The van der Waals surface area contributed by atoms with Crippen molar-refractivity contribution in [2.24, 2.45) is 7.05 Å². The number of aryl methyl sites for hydroxylation is 1. The van der Waals surface area contributed by atoms with Crippen LogP contribution in [0.4, 0.5) is 24.7 Å². The molecule has 2 aromatic heterocycles. The lowest BCUT2D eigenvalue weighted by molar-refractivity contribution is -0.287. The number of halogens is 3. The van der Waals surface area contributed by atoms with E-state index in [9.17, 15) is 23.2 Å². The quantitative estimate of drug-likeness (QED) is 0.314. The van der Waals surface area contributed by atoms with Gasteiger partial charge < -0.3 is 23.8 Å². The molecule has 0 aliphatic carbocycles. The summed E-state index contributed by atoms with van der Waals surface area (Å²) in [6.07, 6.45) is -3.82. The molecule has 2 atom stereocenters. The molecule has 1 unspecified atom stereocenters. The number of hydrogen-bond acceptors (Lipinski definition) is 7. The lowest BCUT2D eigenvalue weighted by atomic mass is 9.93. The van der Waals surface area contributed by atoms with Crippen LogP contribution in [0.1, 0.15) is 29.7 Å². The fourth-order valence-corrected chi connectivity index (χ4v) is 5.81. The van der Waals surface area contributed by atoms with Gasteiger partial charge in [-0.05, 0) is 42.8 Å². The van der Waals surface area contributed by atoms with Crippen LogP contribution < -0.4 is 19.9 Å². The number of anilines is 1. The minimum Gasteiger partial charge on any atom is -0.395 e. The van der Waals surface area contributed by atoms with Crippen LogP contribution in [0.3, 0.4) is 0 Å². The van der Waals surface area contributed by atoms with Crippen LogP contribution in [0.25, 0.3) is 15.9 Å². The Balaban J connectivity index is 1.43. The Morgan fingerprint density at radius 1 is 1.14 bits per heavy atom. The fourth-order valence-electron chi connectivity index (χ4n) is 5.81. The summed E-state index contributed by atoms with van der Waals surface area (Å²) in [6, 6.07) is 14.8. The van der Waals surface area contributed by atoms with Crippen LogP contribution in [-0.2, 0) is 7.05 Å². The van der Waals surface area contributed by atoms with E-state index >= 15 is 0 Å². The van der Waals surface area contributed by atoms with Crippen LogP contribution in [0.2, 0.25) is 0 Å². The molecule has 42 heavy (non-hydrogen) atoms. The molecule has 212 valence electrons. The molecule has 2 aromatic carbocycles. The van der Waals surface area contributed by atoms with E-state index in [0.29, 0.717) is 47.5 Å². The minimum absolute atomic E-state index is 0.0796. The fraction of sp³-hybridized carbons (Fsp3) is 0.267. The summed E-state index contributed by atoms with van der Waals surface area (Å²) >= 11 is 0. The molecule has 4 heterocycles. The van der Waals surface area contributed by atoms with E-state index in [4.69, 9.17) is 16.0 Å². The summed E-state index contributed by atoms with van der Waals surface area (Å²) in [5.74, 6) is -0.492. The number of para-hydroxylation sites is 1. The Kier molecular flexibility index (Phi) is 6.51. The van der Waals surface area contributed by atoms with E-state index in [1.165, 1.54) is 28.8 Å². The third-order valence-corrected chi connectivity index (χ3v) is 7.69. The molecule has 0 amide bonds. The zero-order valence-electron chi connectivity index (χ0n) is 22.5. The Bertz CT molecular complexity index is 1860. The number of nitriles is 1. The number of alkyl halides is 2. The highest BCUT2D eigenvalue weighted by atomic mass is 19.3. The molecule has 0 N–H and O–H groups in total. The molecular formula is C30H23F3N6O3. The van der Waals surface area contributed by atoms with Gasteiger partial charge in [0.05, 0.1) is 11.6 Å². The summed E-state index contributed by atoms with van der Waals surface area (Å²) in [4.78, 5) is 25.0. The lowest BCUT2D eigenvalue weighted by Crippen LogP contribution is -2.53. The zero-order chi connectivity index (χ0) is 29.8. The number of pyridine rings is 2. The number of benzene rings is 2. The third-order valence-electron chi connectivity index (χ3n) is 7.69. The van der Waals surface area contributed by atoms with Crippen molar-refractivity contribution in [3.63, 3.8) is 0 Å².